The average Bonchev–Trinajstić information content (AvgIpc) is 3.92. The third kappa shape index (κ3) is 16.2. The smallest absolute Gasteiger partial charge is 0.0809 e. The van der Waals surface area contributed by atoms with Gasteiger partial charge < -0.3 is 24.8 Å². The van der Waals surface area contributed by atoms with Crippen LogP contribution in [0.2, 0.25) is 0 Å². The molecule has 0 aliphatic heterocycles. The summed E-state index contributed by atoms with van der Waals surface area (Å²) in [6, 6.07) is 58.7. The molecule has 4 heteroatoms. The molecule has 0 N–H and O–H groups in total. The van der Waals surface area contributed by atoms with Crippen molar-refractivity contribution >= 4 is 49.5 Å². The van der Waals surface area contributed by atoms with Crippen LogP contribution in [0.25, 0.3) is 43.1 Å². The van der Waals surface area contributed by atoms with Gasteiger partial charge in [0.1, 0.15) is 0 Å². The molecule has 8 rings (SSSR count). The van der Waals surface area contributed by atoms with E-state index in [0.717, 1.165) is 0 Å². The van der Waals surface area contributed by atoms with Crippen LogP contribution in [-0.2, 0) is 48.5 Å². The number of rotatable bonds is 2. The standard InChI is InChI=1S/4C9H7.2C4H8.2ClH.2Zr/c4*1-2-5-9-7-3-6-8(9)4-1;2*1-3-4-2;;;;/h4*1-7H;2*3H2,1-2H3;2*1H;;/q4*-1;;;;;2*+2/p-2. The number of fused-ring (bicyclic) bond motifs is 4. The molecule has 8 aromatic rings. The molecule has 8 aromatic carbocycles. The zero-order chi connectivity index (χ0) is 33.0. The second-order valence-corrected chi connectivity index (χ2v) is 15.1. The molecule has 0 bridgehead atoms. The van der Waals surface area contributed by atoms with Gasteiger partial charge in [-0.1, -0.05) is 24.3 Å². The summed E-state index contributed by atoms with van der Waals surface area (Å²) in [6.07, 6.45) is 2.52. The molecule has 0 amide bonds. The Morgan fingerprint density at radius 3 is 0.750 bits per heavy atom. The van der Waals surface area contributed by atoms with Gasteiger partial charge in [0.05, 0.1) is 0 Å². The van der Waals surface area contributed by atoms with Crippen LogP contribution in [0, 0.1) is 0 Å². The number of benzene rings is 4. The van der Waals surface area contributed by atoms with Gasteiger partial charge in [-0.3, -0.25) is 0 Å². The van der Waals surface area contributed by atoms with Crippen molar-refractivity contribution in [1.29, 1.82) is 0 Å². The molecule has 0 atom stereocenters. The van der Waals surface area contributed by atoms with E-state index in [4.69, 9.17) is 0 Å². The van der Waals surface area contributed by atoms with Crippen LogP contribution in [0.3, 0.4) is 0 Å². The minimum atomic E-state index is 0. The third-order valence-electron chi connectivity index (χ3n) is 7.25. The minimum absolute atomic E-state index is 0. The van der Waals surface area contributed by atoms with Crippen LogP contribution in [0.5, 0.6) is 0 Å². The Balaban J connectivity index is 0.000000291. The third-order valence-corrected chi connectivity index (χ3v) is 8.99. The molecule has 0 unspecified atom stereocenters. The molecule has 0 nitrogen and oxygen atoms in total. The van der Waals surface area contributed by atoms with Crippen LogP contribution in [0.15, 0.2) is 170 Å². The summed E-state index contributed by atoms with van der Waals surface area (Å²) in [6.45, 7) is 8.73. The van der Waals surface area contributed by atoms with Gasteiger partial charge >= 0.3 is 95.4 Å². The average molecular weight is 826 g/mol. The van der Waals surface area contributed by atoms with E-state index in [-0.39, 0.29) is 24.8 Å². The van der Waals surface area contributed by atoms with Crippen molar-refractivity contribution in [3.63, 3.8) is 0 Å². The van der Waals surface area contributed by atoms with Gasteiger partial charge in [-0.25, -0.2) is 0 Å². The Kier molecular flexibility index (Phi) is 23.0. The molecule has 0 aliphatic rings. The molecule has 0 saturated carbocycles. The van der Waals surface area contributed by atoms with E-state index >= 15 is 0 Å². The second kappa shape index (κ2) is 25.4. The molecule has 0 fully saturated rings. The Morgan fingerprint density at radius 2 is 0.583 bits per heavy atom. The first kappa shape index (κ1) is 43.4. The summed E-state index contributed by atoms with van der Waals surface area (Å²) >= 11 is 3.17. The molecule has 48 heavy (non-hydrogen) atoms. The van der Waals surface area contributed by atoms with Gasteiger partial charge in [0, 0.05) is 0 Å². The molecule has 0 radical (unpaired) electrons. The zero-order valence-corrected chi connectivity index (χ0v) is 34.8. The van der Waals surface area contributed by atoms with Crippen LogP contribution in [0.1, 0.15) is 40.5 Å². The fourth-order valence-corrected chi connectivity index (χ4v) is 4.28. The van der Waals surface area contributed by atoms with Gasteiger partial charge in [0.2, 0.25) is 0 Å². The van der Waals surface area contributed by atoms with Crippen molar-refractivity contribution in [2.75, 3.05) is 0 Å². The first-order valence-corrected chi connectivity index (χ1v) is 18.4. The Hall–Kier alpha value is -2.59. The van der Waals surface area contributed by atoms with Crippen molar-refractivity contribution in [3.8, 4) is 0 Å². The quantitative estimate of drug-likeness (QED) is 0.175. The van der Waals surface area contributed by atoms with E-state index in [9.17, 15) is 0 Å². The maximum atomic E-state index is 2.18. The molecule has 0 spiro atoms. The molecular weight excluding hydrogens is 782 g/mol. The largest absolute Gasteiger partial charge is 1.00 e. The Morgan fingerprint density at radius 1 is 0.396 bits per heavy atom. The predicted molar refractivity (Wildman–Crippen MR) is 200 cm³/mol. The Bertz CT molecular complexity index is 1600. The number of halogens is 2. The molecule has 0 heterocycles. The van der Waals surface area contributed by atoms with Crippen LogP contribution in [-0.4, -0.2) is 6.41 Å². The molecule has 0 aromatic heterocycles. The minimum Gasteiger partial charge on any atom is -1.00 e. The van der Waals surface area contributed by atoms with E-state index in [1.807, 2.05) is 0 Å². The SMILES string of the molecule is CC[C](C)=[Zr+2].CC[C](C)=[Zr+2].[Cl-].[Cl-].c1ccc2[cH-]ccc2c1.c1ccc2[cH-]ccc2c1.c1ccc2[cH-]ccc2c1.c1ccc2[cH-]ccc2c1. The van der Waals surface area contributed by atoms with Gasteiger partial charge in [0.15, 0.2) is 0 Å². The van der Waals surface area contributed by atoms with Crippen molar-refractivity contribution in [2.45, 2.75) is 40.5 Å². The first-order valence-electron chi connectivity index (χ1n) is 15.9. The Labute approximate surface area is 330 Å². The molecular formula is C44H44Cl2Zr2-2. The van der Waals surface area contributed by atoms with Gasteiger partial charge in [-0.15, -0.1) is 119 Å². The van der Waals surface area contributed by atoms with E-state index < -0.39 is 0 Å². The van der Waals surface area contributed by atoms with Crippen molar-refractivity contribution in [1.82, 2.24) is 0 Å². The topological polar surface area (TPSA) is 0 Å². The summed E-state index contributed by atoms with van der Waals surface area (Å²) in [5.74, 6) is 0. The monoisotopic (exact) mass is 822 g/mol. The van der Waals surface area contributed by atoms with E-state index in [0.29, 0.717) is 0 Å². The molecule has 0 saturated heterocycles. The van der Waals surface area contributed by atoms with Crippen LogP contribution >= 0.6 is 0 Å². The summed E-state index contributed by atoms with van der Waals surface area (Å²) in [5, 5.41) is 10.6. The van der Waals surface area contributed by atoms with Crippen LogP contribution < -0.4 is 24.8 Å². The second-order valence-electron chi connectivity index (χ2n) is 10.9. The van der Waals surface area contributed by atoms with Gasteiger partial charge in [-0.2, -0.15) is 70.1 Å². The molecule has 244 valence electrons. The van der Waals surface area contributed by atoms with E-state index in [1.165, 1.54) is 55.9 Å². The van der Waals surface area contributed by atoms with E-state index in [1.54, 1.807) is 54.9 Å². The zero-order valence-electron chi connectivity index (χ0n) is 28.3. The first-order chi connectivity index (χ1) is 22.4. The fraction of sp³-hybridized carbons (Fsp3) is 0.136. The maximum absolute atomic E-state index is 2.18. The normalized spacial score (nSPS) is 9.33. The van der Waals surface area contributed by atoms with E-state index in [2.05, 4.69) is 198 Å². The maximum Gasteiger partial charge on any atom is -0.0809 e. The van der Waals surface area contributed by atoms with Crippen molar-refractivity contribution < 1.29 is 73.3 Å². The number of hydrogen-bond acceptors (Lipinski definition) is 0. The fourth-order valence-electron chi connectivity index (χ4n) is 4.28. The molecule has 0 aliphatic carbocycles. The summed E-state index contributed by atoms with van der Waals surface area (Å²) in [7, 11) is 0. The van der Waals surface area contributed by atoms with Gasteiger partial charge in [-0.05, 0) is 0 Å². The van der Waals surface area contributed by atoms with Crippen molar-refractivity contribution in [2.24, 2.45) is 0 Å². The summed E-state index contributed by atoms with van der Waals surface area (Å²) in [4.78, 5) is 0. The number of hydrogen-bond donors (Lipinski definition) is 0. The summed E-state index contributed by atoms with van der Waals surface area (Å²) in [5.41, 5.74) is 0. The van der Waals surface area contributed by atoms with Crippen LogP contribution in [0.4, 0.5) is 0 Å². The van der Waals surface area contributed by atoms with Gasteiger partial charge in [0.25, 0.3) is 0 Å². The predicted octanol–water partition coefficient (Wildman–Crippen LogP) is 6.51. The van der Waals surface area contributed by atoms with Crippen molar-refractivity contribution in [3.05, 3.63) is 170 Å². The summed E-state index contributed by atoms with van der Waals surface area (Å²) < 4.78 is 3.19.